The molecule has 4 rings (SSSR count). The average Bonchev–Trinajstić information content (AvgIpc) is 3.44. The van der Waals surface area contributed by atoms with Gasteiger partial charge in [0.25, 0.3) is 0 Å². The van der Waals surface area contributed by atoms with Crippen LogP contribution in [0.1, 0.15) is 42.5 Å². The molecule has 2 heterocycles. The summed E-state index contributed by atoms with van der Waals surface area (Å²) in [4.78, 5) is 26.0. The van der Waals surface area contributed by atoms with Crippen LogP contribution in [0, 0.1) is 11.8 Å². The number of benzene rings is 1. The fraction of sp³-hybridized carbons (Fsp3) is 0.391. The lowest BCUT2D eigenvalue weighted by atomic mass is 9.75. The van der Waals surface area contributed by atoms with Gasteiger partial charge in [0.2, 0.25) is 11.8 Å². The molecule has 1 aliphatic carbocycles. The van der Waals surface area contributed by atoms with Crippen molar-refractivity contribution in [3.63, 3.8) is 0 Å². The third kappa shape index (κ3) is 4.52. The number of carbonyl (C=O) groups excluding carboxylic acids is 2. The number of nitrogens with zero attached hydrogens (tertiary/aromatic N) is 3. The van der Waals surface area contributed by atoms with Gasteiger partial charge in [-0.1, -0.05) is 37.1 Å². The standard InChI is InChI=1S/C23H27N5O3/c1-28-23(31-2)20(14-25-28)26-22(30)18-6-4-3-5-17(18)13-21(29)16-9-7-15(8-10-16)19-11-12-24-27-19/h7-12,14,17-18H,3-6,13H2,1-2H3,(H,24,27)(H,26,30). The van der Waals surface area contributed by atoms with Gasteiger partial charge in [-0.25, -0.2) is 4.68 Å². The summed E-state index contributed by atoms with van der Waals surface area (Å²) in [5, 5.41) is 14.0. The van der Waals surface area contributed by atoms with Crippen molar-refractivity contribution in [2.45, 2.75) is 32.1 Å². The minimum absolute atomic E-state index is 0.0231. The molecule has 2 atom stereocenters. The van der Waals surface area contributed by atoms with Crippen LogP contribution in [0.5, 0.6) is 5.88 Å². The molecule has 1 saturated carbocycles. The second kappa shape index (κ2) is 9.16. The lowest BCUT2D eigenvalue weighted by molar-refractivity contribution is -0.122. The molecule has 0 aliphatic heterocycles. The molecule has 1 aliphatic rings. The Kier molecular flexibility index (Phi) is 6.16. The molecule has 162 valence electrons. The van der Waals surface area contributed by atoms with E-state index in [-0.39, 0.29) is 23.5 Å². The third-order valence-electron chi connectivity index (χ3n) is 6.03. The van der Waals surface area contributed by atoms with E-state index in [0.717, 1.165) is 36.9 Å². The van der Waals surface area contributed by atoms with Gasteiger partial charge >= 0.3 is 0 Å². The molecule has 0 saturated heterocycles. The van der Waals surface area contributed by atoms with Crippen LogP contribution in [-0.4, -0.2) is 38.8 Å². The molecule has 0 bridgehead atoms. The smallest absolute Gasteiger partial charge is 0.235 e. The van der Waals surface area contributed by atoms with Gasteiger partial charge < -0.3 is 10.1 Å². The maximum atomic E-state index is 13.0. The lowest BCUT2D eigenvalue weighted by Crippen LogP contribution is -2.33. The van der Waals surface area contributed by atoms with E-state index in [1.54, 1.807) is 31.2 Å². The molecular formula is C23H27N5O3. The van der Waals surface area contributed by atoms with Gasteiger partial charge in [0.1, 0.15) is 5.69 Å². The molecule has 3 aromatic rings. The summed E-state index contributed by atoms with van der Waals surface area (Å²) in [6.45, 7) is 0. The molecule has 8 nitrogen and oxygen atoms in total. The topological polar surface area (TPSA) is 102 Å². The maximum absolute atomic E-state index is 13.0. The van der Waals surface area contributed by atoms with Gasteiger partial charge in [-0.15, -0.1) is 0 Å². The summed E-state index contributed by atoms with van der Waals surface area (Å²) in [7, 11) is 3.31. The van der Waals surface area contributed by atoms with Crippen molar-refractivity contribution in [2.24, 2.45) is 18.9 Å². The quantitative estimate of drug-likeness (QED) is 0.565. The Bertz CT molecular complexity index is 1040. The van der Waals surface area contributed by atoms with E-state index in [4.69, 9.17) is 4.74 Å². The van der Waals surface area contributed by atoms with E-state index in [9.17, 15) is 9.59 Å². The molecule has 2 aromatic heterocycles. The largest absolute Gasteiger partial charge is 0.480 e. The van der Waals surface area contributed by atoms with E-state index < -0.39 is 0 Å². The summed E-state index contributed by atoms with van der Waals surface area (Å²) in [6, 6.07) is 9.38. The monoisotopic (exact) mass is 421 g/mol. The van der Waals surface area contributed by atoms with E-state index in [1.165, 1.54) is 0 Å². The Labute approximate surface area is 181 Å². The van der Waals surface area contributed by atoms with Crippen LogP contribution in [0.25, 0.3) is 11.3 Å². The van der Waals surface area contributed by atoms with Crippen molar-refractivity contribution in [1.29, 1.82) is 0 Å². The van der Waals surface area contributed by atoms with E-state index >= 15 is 0 Å². The van der Waals surface area contributed by atoms with Gasteiger partial charge in [0, 0.05) is 36.7 Å². The van der Waals surface area contributed by atoms with Crippen molar-refractivity contribution >= 4 is 17.4 Å². The highest BCUT2D eigenvalue weighted by Gasteiger charge is 2.33. The summed E-state index contributed by atoms with van der Waals surface area (Å²) >= 11 is 0. The number of aryl methyl sites for hydroxylation is 1. The number of aromatic nitrogens is 4. The van der Waals surface area contributed by atoms with Crippen molar-refractivity contribution in [3.05, 3.63) is 48.3 Å². The Morgan fingerprint density at radius 3 is 2.68 bits per heavy atom. The minimum Gasteiger partial charge on any atom is -0.480 e. The summed E-state index contributed by atoms with van der Waals surface area (Å²) < 4.78 is 6.89. The molecular weight excluding hydrogens is 394 g/mol. The van der Waals surface area contributed by atoms with Crippen LogP contribution in [0.15, 0.2) is 42.7 Å². The zero-order chi connectivity index (χ0) is 21.8. The Hall–Kier alpha value is -3.42. The van der Waals surface area contributed by atoms with Gasteiger partial charge in [-0.3, -0.25) is 14.7 Å². The Morgan fingerprint density at radius 2 is 1.97 bits per heavy atom. The van der Waals surface area contributed by atoms with Crippen molar-refractivity contribution < 1.29 is 14.3 Å². The maximum Gasteiger partial charge on any atom is 0.235 e. The van der Waals surface area contributed by atoms with Gasteiger partial charge in [-0.05, 0) is 24.8 Å². The normalized spacial score (nSPS) is 18.5. The number of carbonyl (C=O) groups is 2. The Balaban J connectivity index is 1.43. The van der Waals surface area contributed by atoms with Crippen LogP contribution in [0.4, 0.5) is 5.69 Å². The first-order valence-electron chi connectivity index (χ1n) is 10.6. The van der Waals surface area contributed by atoms with E-state index in [1.807, 2.05) is 30.3 Å². The number of methoxy groups -OCH3 is 1. The van der Waals surface area contributed by atoms with Crippen molar-refractivity contribution in [2.75, 3.05) is 12.4 Å². The van der Waals surface area contributed by atoms with Crippen LogP contribution in [0.3, 0.4) is 0 Å². The fourth-order valence-corrected chi connectivity index (χ4v) is 4.38. The molecule has 2 N–H and O–H groups in total. The molecule has 0 radical (unpaired) electrons. The van der Waals surface area contributed by atoms with E-state index in [0.29, 0.717) is 23.6 Å². The predicted octanol–water partition coefficient (Wildman–Crippen LogP) is 3.84. The number of amides is 1. The van der Waals surface area contributed by atoms with Crippen molar-refractivity contribution in [3.8, 4) is 17.1 Å². The second-order valence-electron chi connectivity index (χ2n) is 8.00. The number of hydrogen-bond donors (Lipinski definition) is 2. The summed E-state index contributed by atoms with van der Waals surface area (Å²) in [5.74, 6) is 0.324. The third-order valence-corrected chi connectivity index (χ3v) is 6.03. The molecule has 8 heteroatoms. The number of ether oxygens (including phenoxy) is 1. The summed E-state index contributed by atoms with van der Waals surface area (Å²) in [6.07, 6.45) is 7.40. The van der Waals surface area contributed by atoms with Crippen LogP contribution >= 0.6 is 0 Å². The first kappa shape index (κ1) is 20.8. The number of nitrogens with one attached hydrogen (secondary N) is 2. The predicted molar refractivity (Wildman–Crippen MR) is 117 cm³/mol. The zero-order valence-corrected chi connectivity index (χ0v) is 17.8. The van der Waals surface area contributed by atoms with Gasteiger partial charge in [0.15, 0.2) is 5.78 Å². The SMILES string of the molecule is COc1c(NC(=O)C2CCCCC2CC(=O)c2ccc(-c3cc[nH]n3)cc2)cnn1C. The molecule has 1 amide bonds. The number of H-pyrrole nitrogens is 1. The molecule has 31 heavy (non-hydrogen) atoms. The Morgan fingerprint density at radius 1 is 1.19 bits per heavy atom. The van der Waals surface area contributed by atoms with Gasteiger partial charge in [0.05, 0.1) is 19.0 Å². The zero-order valence-electron chi connectivity index (χ0n) is 17.8. The average molecular weight is 422 g/mol. The first-order chi connectivity index (χ1) is 15.1. The number of ketones is 1. The number of anilines is 1. The fourth-order valence-electron chi connectivity index (χ4n) is 4.38. The van der Waals surface area contributed by atoms with Crippen LogP contribution < -0.4 is 10.1 Å². The molecule has 1 aromatic carbocycles. The van der Waals surface area contributed by atoms with Crippen LogP contribution in [-0.2, 0) is 11.8 Å². The summed E-state index contributed by atoms with van der Waals surface area (Å²) in [5.41, 5.74) is 3.02. The second-order valence-corrected chi connectivity index (χ2v) is 8.00. The first-order valence-corrected chi connectivity index (χ1v) is 10.6. The molecule has 2 unspecified atom stereocenters. The molecule has 1 fully saturated rings. The lowest BCUT2D eigenvalue weighted by Gasteiger charge is -2.30. The highest BCUT2D eigenvalue weighted by atomic mass is 16.5. The number of aromatic amines is 1. The minimum atomic E-state index is -0.203. The highest BCUT2D eigenvalue weighted by Crippen LogP contribution is 2.35. The number of Topliss-reactive ketones (excluding diaryl/α,β-unsaturated/α-hetero) is 1. The number of rotatable bonds is 7. The van der Waals surface area contributed by atoms with Crippen LogP contribution in [0.2, 0.25) is 0 Å². The number of hydrogen-bond acceptors (Lipinski definition) is 5. The van der Waals surface area contributed by atoms with Gasteiger partial charge in [-0.2, -0.15) is 10.2 Å². The molecule has 0 spiro atoms. The van der Waals surface area contributed by atoms with Crippen molar-refractivity contribution in [1.82, 2.24) is 20.0 Å². The van der Waals surface area contributed by atoms with E-state index in [2.05, 4.69) is 20.6 Å². The highest BCUT2D eigenvalue weighted by molar-refractivity contribution is 5.98.